The number of nitrogens with zero attached hydrogens (tertiary/aromatic N) is 3. The van der Waals surface area contributed by atoms with E-state index in [1.807, 2.05) is 36.4 Å². The smallest absolute Gasteiger partial charge is 0.316 e. The number of hydrogen-bond donors (Lipinski definition) is 1. The lowest BCUT2D eigenvalue weighted by Crippen LogP contribution is -1.99. The van der Waals surface area contributed by atoms with Crippen LogP contribution in [0.4, 0.5) is 6.01 Å². The van der Waals surface area contributed by atoms with Crippen molar-refractivity contribution in [2.75, 3.05) is 5.32 Å². The zero-order valence-corrected chi connectivity index (χ0v) is 11.2. The number of aromatic nitrogens is 3. The second-order valence-corrected chi connectivity index (χ2v) is 4.56. The number of nitrogens with one attached hydrogen (secondary N) is 1. The van der Waals surface area contributed by atoms with Crippen LogP contribution < -0.4 is 5.32 Å². The highest BCUT2D eigenvalue weighted by atomic mass is 35.5. The van der Waals surface area contributed by atoms with Crippen molar-refractivity contribution in [1.29, 1.82) is 0 Å². The van der Waals surface area contributed by atoms with E-state index in [2.05, 4.69) is 20.5 Å². The predicted octanol–water partition coefficient (Wildman–Crippen LogP) is 3.40. The molecule has 0 fully saturated rings. The Hall–Kier alpha value is -2.40. The zero-order valence-electron chi connectivity index (χ0n) is 10.5. The van der Waals surface area contributed by atoms with Crippen LogP contribution in [0.1, 0.15) is 5.56 Å². The van der Waals surface area contributed by atoms with Crippen LogP contribution in [0.3, 0.4) is 0 Å². The monoisotopic (exact) mass is 286 g/mol. The molecule has 0 aliphatic heterocycles. The average molecular weight is 287 g/mol. The summed E-state index contributed by atoms with van der Waals surface area (Å²) in [6.07, 6.45) is 3.36. The van der Waals surface area contributed by atoms with E-state index in [0.29, 0.717) is 23.5 Å². The molecule has 0 radical (unpaired) electrons. The van der Waals surface area contributed by atoms with Crippen molar-refractivity contribution >= 4 is 17.6 Å². The van der Waals surface area contributed by atoms with Gasteiger partial charge in [-0.05, 0) is 29.8 Å². The van der Waals surface area contributed by atoms with Crippen molar-refractivity contribution in [3.05, 3.63) is 59.4 Å². The minimum absolute atomic E-state index is 0.381. The first-order valence-corrected chi connectivity index (χ1v) is 6.41. The van der Waals surface area contributed by atoms with Crippen molar-refractivity contribution in [2.24, 2.45) is 0 Å². The van der Waals surface area contributed by atoms with Crippen molar-refractivity contribution < 1.29 is 4.42 Å². The van der Waals surface area contributed by atoms with Crippen LogP contribution in [0, 0.1) is 0 Å². The summed E-state index contributed by atoms with van der Waals surface area (Å²) >= 11 is 5.83. The number of pyridine rings is 1. The molecule has 3 aromatic rings. The highest BCUT2D eigenvalue weighted by Crippen LogP contribution is 2.19. The third kappa shape index (κ3) is 2.95. The highest BCUT2D eigenvalue weighted by Gasteiger charge is 2.07. The second-order valence-electron chi connectivity index (χ2n) is 4.13. The molecule has 2 heterocycles. The number of hydrogen-bond acceptors (Lipinski definition) is 5. The van der Waals surface area contributed by atoms with Crippen LogP contribution in [0.5, 0.6) is 0 Å². The van der Waals surface area contributed by atoms with Gasteiger partial charge in [-0.25, -0.2) is 0 Å². The summed E-state index contributed by atoms with van der Waals surface area (Å²) < 4.78 is 5.53. The summed E-state index contributed by atoms with van der Waals surface area (Å²) in [5.41, 5.74) is 1.92. The molecular weight excluding hydrogens is 276 g/mol. The molecule has 0 bridgehead atoms. The lowest BCUT2D eigenvalue weighted by molar-refractivity contribution is 0.581. The molecule has 2 aromatic heterocycles. The summed E-state index contributed by atoms with van der Waals surface area (Å²) in [6.45, 7) is 0.592. The van der Waals surface area contributed by atoms with Gasteiger partial charge in [0.1, 0.15) is 0 Å². The Balaban J connectivity index is 1.67. The molecule has 0 unspecified atom stereocenters. The minimum atomic E-state index is 0.381. The van der Waals surface area contributed by atoms with Crippen LogP contribution in [-0.2, 0) is 6.54 Å². The van der Waals surface area contributed by atoms with Gasteiger partial charge in [-0.1, -0.05) is 28.8 Å². The van der Waals surface area contributed by atoms with Crippen molar-refractivity contribution in [2.45, 2.75) is 6.54 Å². The van der Waals surface area contributed by atoms with E-state index in [4.69, 9.17) is 16.0 Å². The summed E-state index contributed by atoms with van der Waals surface area (Å²) in [4.78, 5) is 3.94. The van der Waals surface area contributed by atoms with E-state index in [1.165, 1.54) is 0 Å². The van der Waals surface area contributed by atoms with Crippen molar-refractivity contribution in [3.63, 3.8) is 0 Å². The summed E-state index contributed by atoms with van der Waals surface area (Å²) in [5.74, 6) is 0.464. The Morgan fingerprint density at radius 2 is 1.75 bits per heavy atom. The molecule has 100 valence electrons. The van der Waals surface area contributed by atoms with Gasteiger partial charge in [0.2, 0.25) is 5.89 Å². The number of rotatable bonds is 4. The summed E-state index contributed by atoms with van der Waals surface area (Å²) in [6, 6.07) is 11.6. The second kappa shape index (κ2) is 5.71. The Morgan fingerprint density at radius 1 is 1.00 bits per heavy atom. The molecule has 5 nitrogen and oxygen atoms in total. The molecular formula is C14H11ClN4O. The molecule has 0 spiro atoms. The van der Waals surface area contributed by atoms with E-state index in [0.717, 1.165) is 11.1 Å². The summed E-state index contributed by atoms with van der Waals surface area (Å²) in [7, 11) is 0. The molecule has 0 atom stereocenters. The Labute approximate surface area is 120 Å². The molecule has 20 heavy (non-hydrogen) atoms. The van der Waals surface area contributed by atoms with Gasteiger partial charge in [-0.3, -0.25) is 4.98 Å². The van der Waals surface area contributed by atoms with E-state index in [1.54, 1.807) is 12.4 Å². The van der Waals surface area contributed by atoms with Gasteiger partial charge in [0, 0.05) is 29.5 Å². The fourth-order valence-corrected chi connectivity index (χ4v) is 1.81. The fraction of sp³-hybridized carbons (Fsp3) is 0.0714. The quantitative estimate of drug-likeness (QED) is 0.796. The predicted molar refractivity (Wildman–Crippen MR) is 76.3 cm³/mol. The van der Waals surface area contributed by atoms with Crippen LogP contribution in [-0.4, -0.2) is 15.2 Å². The number of anilines is 1. The molecule has 3 rings (SSSR count). The molecule has 1 aromatic carbocycles. The molecule has 0 saturated heterocycles. The first-order valence-electron chi connectivity index (χ1n) is 6.03. The maximum atomic E-state index is 5.83. The molecule has 1 N–H and O–H groups in total. The largest absolute Gasteiger partial charge is 0.403 e. The third-order valence-electron chi connectivity index (χ3n) is 2.71. The molecule has 0 amide bonds. The van der Waals surface area contributed by atoms with Gasteiger partial charge in [-0.2, -0.15) is 0 Å². The maximum absolute atomic E-state index is 5.83. The highest BCUT2D eigenvalue weighted by molar-refractivity contribution is 6.30. The van der Waals surface area contributed by atoms with Gasteiger partial charge >= 0.3 is 6.01 Å². The van der Waals surface area contributed by atoms with Crippen LogP contribution in [0.25, 0.3) is 11.5 Å². The fourth-order valence-electron chi connectivity index (χ4n) is 1.69. The third-order valence-corrected chi connectivity index (χ3v) is 2.96. The first-order chi connectivity index (χ1) is 9.81. The number of halogens is 1. The molecule has 0 aliphatic rings. The van der Waals surface area contributed by atoms with Crippen molar-refractivity contribution in [3.8, 4) is 11.5 Å². The Bertz CT molecular complexity index is 682. The standard InChI is InChI=1S/C14H11ClN4O/c15-12-3-1-10(2-4-12)9-17-14-19-18-13(20-14)11-5-7-16-8-6-11/h1-8H,9H2,(H,17,19). The lowest BCUT2D eigenvalue weighted by Gasteiger charge is -2.01. The van der Waals surface area contributed by atoms with Crippen LogP contribution in [0.15, 0.2) is 53.2 Å². The first kappa shape index (κ1) is 12.6. The minimum Gasteiger partial charge on any atom is -0.403 e. The average Bonchev–Trinajstić information content (AvgIpc) is 2.97. The normalized spacial score (nSPS) is 10.4. The number of benzene rings is 1. The summed E-state index contributed by atoms with van der Waals surface area (Å²) in [5, 5.41) is 11.7. The van der Waals surface area contributed by atoms with Gasteiger partial charge in [0.05, 0.1) is 0 Å². The molecule has 0 aliphatic carbocycles. The van der Waals surface area contributed by atoms with E-state index in [9.17, 15) is 0 Å². The topological polar surface area (TPSA) is 63.8 Å². The molecule has 6 heteroatoms. The zero-order chi connectivity index (χ0) is 13.8. The van der Waals surface area contributed by atoms with Crippen LogP contribution in [0.2, 0.25) is 5.02 Å². The Morgan fingerprint density at radius 3 is 2.50 bits per heavy atom. The van der Waals surface area contributed by atoms with E-state index >= 15 is 0 Å². The molecule has 0 saturated carbocycles. The van der Waals surface area contributed by atoms with E-state index in [-0.39, 0.29) is 0 Å². The van der Waals surface area contributed by atoms with Gasteiger partial charge in [0.25, 0.3) is 0 Å². The van der Waals surface area contributed by atoms with E-state index < -0.39 is 0 Å². The lowest BCUT2D eigenvalue weighted by atomic mass is 10.2. The van der Waals surface area contributed by atoms with Gasteiger partial charge < -0.3 is 9.73 Å². The SMILES string of the molecule is Clc1ccc(CNc2nnc(-c3ccncc3)o2)cc1. The van der Waals surface area contributed by atoms with Crippen LogP contribution >= 0.6 is 11.6 Å². The van der Waals surface area contributed by atoms with Gasteiger partial charge in [0.15, 0.2) is 0 Å². The van der Waals surface area contributed by atoms with Crippen molar-refractivity contribution in [1.82, 2.24) is 15.2 Å². The van der Waals surface area contributed by atoms with Gasteiger partial charge in [-0.15, -0.1) is 5.10 Å². The maximum Gasteiger partial charge on any atom is 0.316 e. The Kier molecular flexibility index (Phi) is 3.60.